The molecule has 0 bridgehead atoms. The SMILES string of the molecule is N#Cc1sccc1-c1ccc(C=O)nc1. The summed E-state index contributed by atoms with van der Waals surface area (Å²) in [6.07, 6.45) is 2.30. The molecule has 0 radical (unpaired) electrons. The molecule has 0 fully saturated rings. The summed E-state index contributed by atoms with van der Waals surface area (Å²) in [5.41, 5.74) is 2.12. The van der Waals surface area contributed by atoms with Gasteiger partial charge in [-0.3, -0.25) is 9.78 Å². The molecule has 0 atom stereocenters. The van der Waals surface area contributed by atoms with Crippen LogP contribution in [0.2, 0.25) is 0 Å². The molecule has 15 heavy (non-hydrogen) atoms. The first-order valence-electron chi connectivity index (χ1n) is 4.24. The Hall–Kier alpha value is -1.99. The highest BCUT2D eigenvalue weighted by atomic mass is 32.1. The van der Waals surface area contributed by atoms with Crippen LogP contribution in [0, 0.1) is 11.3 Å². The minimum Gasteiger partial charge on any atom is -0.296 e. The van der Waals surface area contributed by atoms with Crippen LogP contribution in [0.5, 0.6) is 0 Å². The first-order valence-corrected chi connectivity index (χ1v) is 5.12. The first kappa shape index (κ1) is 9.56. The largest absolute Gasteiger partial charge is 0.296 e. The summed E-state index contributed by atoms with van der Waals surface area (Å²) in [7, 11) is 0. The van der Waals surface area contributed by atoms with Gasteiger partial charge >= 0.3 is 0 Å². The Morgan fingerprint density at radius 1 is 1.40 bits per heavy atom. The smallest absolute Gasteiger partial charge is 0.168 e. The van der Waals surface area contributed by atoms with E-state index in [1.54, 1.807) is 18.3 Å². The molecule has 4 heteroatoms. The summed E-state index contributed by atoms with van der Waals surface area (Å²) in [6, 6.07) is 7.43. The van der Waals surface area contributed by atoms with Crippen LogP contribution in [0.4, 0.5) is 0 Å². The molecule has 0 aliphatic rings. The second kappa shape index (κ2) is 4.03. The van der Waals surface area contributed by atoms with Gasteiger partial charge in [-0.2, -0.15) is 5.26 Å². The quantitative estimate of drug-likeness (QED) is 0.722. The number of carbonyl (C=O) groups excluding carboxylic acids is 1. The molecule has 2 aromatic rings. The van der Waals surface area contributed by atoms with Crippen molar-refractivity contribution in [1.29, 1.82) is 5.26 Å². The molecule has 0 aliphatic heterocycles. The Balaban J connectivity index is 2.46. The summed E-state index contributed by atoms with van der Waals surface area (Å²) in [5.74, 6) is 0. The van der Waals surface area contributed by atoms with Crippen molar-refractivity contribution in [1.82, 2.24) is 4.98 Å². The predicted octanol–water partition coefficient (Wildman–Crippen LogP) is 2.49. The van der Waals surface area contributed by atoms with Crippen molar-refractivity contribution in [2.45, 2.75) is 0 Å². The van der Waals surface area contributed by atoms with Gasteiger partial charge < -0.3 is 0 Å². The second-order valence-electron chi connectivity index (χ2n) is 2.86. The number of nitrogens with zero attached hydrogens (tertiary/aromatic N) is 2. The number of carbonyl (C=O) groups is 1. The highest BCUT2D eigenvalue weighted by Gasteiger charge is 2.06. The maximum absolute atomic E-state index is 10.4. The van der Waals surface area contributed by atoms with Crippen molar-refractivity contribution >= 4 is 17.6 Å². The zero-order chi connectivity index (χ0) is 10.7. The molecule has 3 nitrogen and oxygen atoms in total. The molecule has 0 aromatic carbocycles. The molecule has 2 aromatic heterocycles. The van der Waals surface area contributed by atoms with Gasteiger partial charge in [-0.1, -0.05) is 6.07 Å². The van der Waals surface area contributed by atoms with E-state index in [1.807, 2.05) is 11.4 Å². The number of nitriles is 1. The fourth-order valence-corrected chi connectivity index (χ4v) is 1.96. The van der Waals surface area contributed by atoms with E-state index in [0.717, 1.165) is 11.1 Å². The van der Waals surface area contributed by atoms with Crippen molar-refractivity contribution in [3.8, 4) is 17.2 Å². The lowest BCUT2D eigenvalue weighted by Gasteiger charge is -1.97. The lowest BCUT2D eigenvalue weighted by atomic mass is 10.1. The number of rotatable bonds is 2. The number of thiophene rings is 1. The minimum absolute atomic E-state index is 0.396. The van der Waals surface area contributed by atoms with Gasteiger partial charge in [0, 0.05) is 17.3 Å². The zero-order valence-electron chi connectivity index (χ0n) is 7.68. The van der Waals surface area contributed by atoms with Gasteiger partial charge in [0.15, 0.2) is 6.29 Å². The molecule has 2 rings (SSSR count). The Morgan fingerprint density at radius 2 is 2.27 bits per heavy atom. The fourth-order valence-electron chi connectivity index (χ4n) is 1.26. The van der Waals surface area contributed by atoms with Crippen LogP contribution in [0.15, 0.2) is 29.8 Å². The van der Waals surface area contributed by atoms with Crippen molar-refractivity contribution in [2.75, 3.05) is 0 Å². The maximum atomic E-state index is 10.4. The Morgan fingerprint density at radius 3 is 2.87 bits per heavy atom. The highest BCUT2D eigenvalue weighted by Crippen LogP contribution is 2.26. The third kappa shape index (κ3) is 1.78. The topological polar surface area (TPSA) is 53.8 Å². The standard InChI is InChI=1S/C11H6N2OS/c12-5-11-10(3-4-15-11)8-1-2-9(7-14)13-6-8/h1-4,6-7H. The number of aldehydes is 1. The van der Waals surface area contributed by atoms with E-state index in [1.165, 1.54) is 11.3 Å². The van der Waals surface area contributed by atoms with Gasteiger partial charge in [-0.25, -0.2) is 0 Å². The Labute approximate surface area is 90.6 Å². The third-order valence-electron chi connectivity index (χ3n) is 1.98. The predicted molar refractivity (Wildman–Crippen MR) is 57.7 cm³/mol. The van der Waals surface area contributed by atoms with Gasteiger partial charge in [0.2, 0.25) is 0 Å². The van der Waals surface area contributed by atoms with Gasteiger partial charge in [0.05, 0.1) is 0 Å². The molecule has 0 saturated carbocycles. The third-order valence-corrected chi connectivity index (χ3v) is 2.80. The van der Waals surface area contributed by atoms with Crippen LogP contribution >= 0.6 is 11.3 Å². The summed E-state index contributed by atoms with van der Waals surface area (Å²) >= 11 is 1.40. The summed E-state index contributed by atoms with van der Waals surface area (Å²) in [4.78, 5) is 15.0. The normalized spacial score (nSPS) is 9.53. The highest BCUT2D eigenvalue weighted by molar-refractivity contribution is 7.11. The molecule has 0 amide bonds. The van der Waals surface area contributed by atoms with Crippen LogP contribution in [0.25, 0.3) is 11.1 Å². The molecule has 72 valence electrons. The number of aromatic nitrogens is 1. The van der Waals surface area contributed by atoms with E-state index in [9.17, 15) is 4.79 Å². The van der Waals surface area contributed by atoms with Crippen LogP contribution in [0.3, 0.4) is 0 Å². The summed E-state index contributed by atoms with van der Waals surface area (Å²) in [6.45, 7) is 0. The van der Waals surface area contributed by atoms with Crippen molar-refractivity contribution in [2.24, 2.45) is 0 Å². The van der Waals surface area contributed by atoms with E-state index in [-0.39, 0.29) is 0 Å². The molecule has 0 spiro atoms. The molecular formula is C11H6N2OS. The van der Waals surface area contributed by atoms with Crippen molar-refractivity contribution in [3.63, 3.8) is 0 Å². The van der Waals surface area contributed by atoms with Gasteiger partial charge in [0.1, 0.15) is 16.6 Å². The molecule has 0 saturated heterocycles. The van der Waals surface area contributed by atoms with Gasteiger partial charge in [0.25, 0.3) is 0 Å². The average Bonchev–Trinajstić information content (AvgIpc) is 2.77. The van der Waals surface area contributed by atoms with E-state index < -0.39 is 0 Å². The summed E-state index contributed by atoms with van der Waals surface area (Å²) in [5, 5.41) is 10.7. The minimum atomic E-state index is 0.396. The second-order valence-corrected chi connectivity index (χ2v) is 3.78. The number of hydrogen-bond acceptors (Lipinski definition) is 4. The van der Waals surface area contributed by atoms with E-state index in [2.05, 4.69) is 11.1 Å². The van der Waals surface area contributed by atoms with Crippen LogP contribution in [0.1, 0.15) is 15.4 Å². The average molecular weight is 214 g/mol. The molecule has 0 aliphatic carbocycles. The molecule has 0 N–H and O–H groups in total. The lowest BCUT2D eigenvalue weighted by Crippen LogP contribution is -1.86. The molecular weight excluding hydrogens is 208 g/mol. The monoisotopic (exact) mass is 214 g/mol. The van der Waals surface area contributed by atoms with Crippen molar-refractivity contribution < 1.29 is 4.79 Å². The number of pyridine rings is 1. The number of hydrogen-bond donors (Lipinski definition) is 0. The Kier molecular flexibility index (Phi) is 2.57. The zero-order valence-corrected chi connectivity index (χ0v) is 8.49. The van der Waals surface area contributed by atoms with E-state index in [4.69, 9.17) is 5.26 Å². The maximum Gasteiger partial charge on any atom is 0.168 e. The van der Waals surface area contributed by atoms with Gasteiger partial charge in [-0.05, 0) is 17.5 Å². The van der Waals surface area contributed by atoms with Crippen molar-refractivity contribution in [3.05, 3.63) is 40.3 Å². The van der Waals surface area contributed by atoms with Gasteiger partial charge in [-0.15, -0.1) is 11.3 Å². The summed E-state index contributed by atoms with van der Waals surface area (Å²) < 4.78 is 0. The van der Waals surface area contributed by atoms with E-state index >= 15 is 0 Å². The molecule has 2 heterocycles. The van der Waals surface area contributed by atoms with Crippen LogP contribution in [-0.4, -0.2) is 11.3 Å². The fraction of sp³-hybridized carbons (Fsp3) is 0. The molecule has 0 unspecified atom stereocenters. The lowest BCUT2D eigenvalue weighted by molar-refractivity contribution is 0.111. The van der Waals surface area contributed by atoms with E-state index in [0.29, 0.717) is 16.9 Å². The van der Waals surface area contributed by atoms with Crippen LogP contribution < -0.4 is 0 Å². The van der Waals surface area contributed by atoms with Crippen LogP contribution in [-0.2, 0) is 0 Å². The Bertz CT molecular complexity index is 522. The first-order chi connectivity index (χ1) is 7.35.